The highest BCUT2D eigenvalue weighted by atomic mass is 33.1. The third-order valence-electron chi connectivity index (χ3n) is 1.66. The number of hydrogen-bond acceptors (Lipinski definition) is 2. The van der Waals surface area contributed by atoms with Gasteiger partial charge in [-0.3, -0.25) is 0 Å². The van der Waals surface area contributed by atoms with Gasteiger partial charge in [0.1, 0.15) is 0 Å². The van der Waals surface area contributed by atoms with E-state index in [1.54, 1.807) is 0 Å². The smallest absolute Gasteiger partial charge is 0.00735 e. The predicted octanol–water partition coefficient (Wildman–Crippen LogP) is 3.19. The van der Waals surface area contributed by atoms with Crippen LogP contribution in [0, 0.1) is 5.92 Å². The zero-order valence-corrected chi connectivity index (χ0v) is 7.56. The lowest BCUT2D eigenvalue weighted by Gasteiger charge is -2.03. The molecule has 1 rings (SSSR count). The molecule has 0 nitrogen and oxygen atoms in total. The van der Waals surface area contributed by atoms with Crippen molar-refractivity contribution in [3.8, 4) is 0 Å². The second kappa shape index (κ2) is 4.51. The van der Waals surface area contributed by atoms with Crippen molar-refractivity contribution in [3.05, 3.63) is 0 Å². The van der Waals surface area contributed by atoms with Crippen LogP contribution in [0.15, 0.2) is 0 Å². The lowest BCUT2D eigenvalue weighted by Crippen LogP contribution is -1.99. The minimum Gasteiger partial charge on any atom is -0.0938 e. The van der Waals surface area contributed by atoms with Crippen molar-refractivity contribution in [1.29, 1.82) is 0 Å². The molecule has 0 aliphatic carbocycles. The minimum atomic E-state index is 1.04. The van der Waals surface area contributed by atoms with Gasteiger partial charge in [-0.15, -0.1) is 0 Å². The third-order valence-corrected chi connectivity index (χ3v) is 4.35. The minimum absolute atomic E-state index is 1.04. The van der Waals surface area contributed by atoms with Crippen LogP contribution < -0.4 is 0 Å². The standard InChI is InChI=1S/C7H14S2/c1-2-3-4-7-5-8-9-6-7/h7H,2-6H2,1H3. The van der Waals surface area contributed by atoms with E-state index in [4.69, 9.17) is 0 Å². The first-order chi connectivity index (χ1) is 4.43. The fraction of sp³-hybridized carbons (Fsp3) is 1.00. The molecule has 0 aromatic rings. The van der Waals surface area contributed by atoms with Crippen molar-refractivity contribution in [3.63, 3.8) is 0 Å². The Morgan fingerprint density at radius 2 is 2.00 bits per heavy atom. The Kier molecular flexibility index (Phi) is 3.91. The van der Waals surface area contributed by atoms with Gasteiger partial charge in [-0.2, -0.15) is 0 Å². The van der Waals surface area contributed by atoms with Gasteiger partial charge < -0.3 is 0 Å². The molecule has 0 radical (unpaired) electrons. The molecule has 0 bridgehead atoms. The van der Waals surface area contributed by atoms with Gasteiger partial charge >= 0.3 is 0 Å². The van der Waals surface area contributed by atoms with E-state index in [1.807, 2.05) is 21.6 Å². The molecule has 54 valence electrons. The van der Waals surface area contributed by atoms with E-state index in [0.717, 1.165) is 5.92 Å². The topological polar surface area (TPSA) is 0 Å². The molecule has 0 saturated carbocycles. The molecule has 1 fully saturated rings. The monoisotopic (exact) mass is 162 g/mol. The maximum absolute atomic E-state index is 2.27. The fourth-order valence-corrected chi connectivity index (χ4v) is 4.02. The second-order valence-corrected chi connectivity index (χ2v) is 5.13. The van der Waals surface area contributed by atoms with Crippen molar-refractivity contribution in [1.82, 2.24) is 0 Å². The van der Waals surface area contributed by atoms with Crippen LogP contribution in [0.4, 0.5) is 0 Å². The molecule has 0 spiro atoms. The van der Waals surface area contributed by atoms with Crippen LogP contribution in [0.25, 0.3) is 0 Å². The first kappa shape index (κ1) is 7.80. The summed E-state index contributed by atoms with van der Waals surface area (Å²) in [5, 5.41) is 0. The van der Waals surface area contributed by atoms with E-state index in [-0.39, 0.29) is 0 Å². The first-order valence-corrected chi connectivity index (χ1v) is 6.16. The molecule has 0 aromatic heterocycles. The summed E-state index contributed by atoms with van der Waals surface area (Å²) in [6.45, 7) is 2.27. The molecule has 0 aromatic carbocycles. The number of rotatable bonds is 3. The van der Waals surface area contributed by atoms with E-state index in [1.165, 1.54) is 30.8 Å². The summed E-state index contributed by atoms with van der Waals surface area (Å²) >= 11 is 0. The van der Waals surface area contributed by atoms with Gasteiger partial charge in [0.25, 0.3) is 0 Å². The van der Waals surface area contributed by atoms with Crippen molar-refractivity contribution in [2.75, 3.05) is 11.5 Å². The fourth-order valence-electron chi connectivity index (χ4n) is 0.996. The number of unbranched alkanes of at least 4 members (excludes halogenated alkanes) is 1. The lowest BCUT2D eigenvalue weighted by molar-refractivity contribution is 0.570. The summed E-state index contributed by atoms with van der Waals surface area (Å²) in [5.74, 6) is 3.86. The Bertz CT molecular complexity index is 67.3. The highest BCUT2D eigenvalue weighted by Gasteiger charge is 2.14. The molecule has 0 N–H and O–H groups in total. The molecule has 2 heteroatoms. The van der Waals surface area contributed by atoms with Crippen molar-refractivity contribution in [2.45, 2.75) is 26.2 Å². The van der Waals surface area contributed by atoms with Crippen LogP contribution in [-0.2, 0) is 0 Å². The van der Waals surface area contributed by atoms with E-state index in [0.29, 0.717) is 0 Å². The van der Waals surface area contributed by atoms with Gasteiger partial charge in [0.2, 0.25) is 0 Å². The zero-order valence-electron chi connectivity index (χ0n) is 5.93. The van der Waals surface area contributed by atoms with E-state index in [2.05, 4.69) is 6.92 Å². The van der Waals surface area contributed by atoms with E-state index >= 15 is 0 Å². The van der Waals surface area contributed by atoms with Gasteiger partial charge in [-0.1, -0.05) is 41.4 Å². The summed E-state index contributed by atoms with van der Waals surface area (Å²) in [5.41, 5.74) is 0. The summed E-state index contributed by atoms with van der Waals surface area (Å²) in [7, 11) is 4.10. The molecule has 1 aliphatic heterocycles. The summed E-state index contributed by atoms with van der Waals surface area (Å²) in [6, 6.07) is 0. The Labute approximate surface area is 65.6 Å². The molecule has 9 heavy (non-hydrogen) atoms. The predicted molar refractivity (Wildman–Crippen MR) is 47.9 cm³/mol. The lowest BCUT2D eigenvalue weighted by atomic mass is 10.1. The summed E-state index contributed by atoms with van der Waals surface area (Å²) in [6.07, 6.45) is 4.27. The molecule has 0 atom stereocenters. The normalized spacial score (nSPS) is 21.0. The summed E-state index contributed by atoms with van der Waals surface area (Å²) < 4.78 is 0. The Morgan fingerprint density at radius 3 is 2.56 bits per heavy atom. The van der Waals surface area contributed by atoms with Crippen LogP contribution in [0.2, 0.25) is 0 Å². The van der Waals surface area contributed by atoms with Crippen molar-refractivity contribution < 1.29 is 0 Å². The quantitative estimate of drug-likeness (QED) is 0.585. The van der Waals surface area contributed by atoms with Gasteiger partial charge in [0, 0.05) is 11.5 Å². The molecule has 1 aliphatic rings. The molecular formula is C7H14S2. The average molecular weight is 162 g/mol. The summed E-state index contributed by atoms with van der Waals surface area (Å²) in [4.78, 5) is 0. The maximum atomic E-state index is 2.27. The highest BCUT2D eigenvalue weighted by molar-refractivity contribution is 8.77. The Morgan fingerprint density at radius 1 is 1.33 bits per heavy atom. The van der Waals surface area contributed by atoms with Crippen LogP contribution in [-0.4, -0.2) is 11.5 Å². The van der Waals surface area contributed by atoms with Crippen LogP contribution >= 0.6 is 21.6 Å². The van der Waals surface area contributed by atoms with Gasteiger partial charge in [0.15, 0.2) is 0 Å². The molecule has 0 unspecified atom stereocenters. The van der Waals surface area contributed by atoms with Gasteiger partial charge in [0.05, 0.1) is 0 Å². The number of hydrogen-bond donors (Lipinski definition) is 0. The average Bonchev–Trinajstić information content (AvgIpc) is 2.34. The third kappa shape index (κ3) is 2.85. The van der Waals surface area contributed by atoms with Crippen LogP contribution in [0.1, 0.15) is 26.2 Å². The highest BCUT2D eigenvalue weighted by Crippen LogP contribution is 2.36. The van der Waals surface area contributed by atoms with E-state index in [9.17, 15) is 0 Å². The molecule has 1 saturated heterocycles. The second-order valence-electron chi connectivity index (χ2n) is 2.58. The van der Waals surface area contributed by atoms with Gasteiger partial charge in [-0.05, 0) is 12.3 Å². The van der Waals surface area contributed by atoms with E-state index < -0.39 is 0 Å². The zero-order chi connectivity index (χ0) is 6.53. The van der Waals surface area contributed by atoms with Crippen LogP contribution in [0.5, 0.6) is 0 Å². The molecule has 1 heterocycles. The Hall–Kier alpha value is 0.700. The SMILES string of the molecule is CCCCC1CSSC1. The largest absolute Gasteiger partial charge is 0.0938 e. The van der Waals surface area contributed by atoms with Gasteiger partial charge in [-0.25, -0.2) is 0 Å². The van der Waals surface area contributed by atoms with Crippen molar-refractivity contribution >= 4 is 21.6 Å². The van der Waals surface area contributed by atoms with Crippen LogP contribution in [0.3, 0.4) is 0 Å². The Balaban J connectivity index is 1.98. The molecular weight excluding hydrogens is 148 g/mol. The molecule has 0 amide bonds. The van der Waals surface area contributed by atoms with Crippen molar-refractivity contribution in [2.24, 2.45) is 5.92 Å². The first-order valence-electron chi connectivity index (χ1n) is 3.68. The maximum Gasteiger partial charge on any atom is 0.00735 e.